The first kappa shape index (κ1) is 27.9. The number of carbonyl (C=O) groups excluding carboxylic acids is 1. The molecule has 5 aromatic rings. The molecule has 1 amide bonds. The van der Waals surface area contributed by atoms with E-state index in [0.29, 0.717) is 63.3 Å². The number of aromatic amines is 1. The average Bonchev–Trinajstić information content (AvgIpc) is 3.30. The van der Waals surface area contributed by atoms with Crippen molar-refractivity contribution in [2.45, 2.75) is 32.9 Å². The molecule has 0 aliphatic rings. The number of nitrogens with zero attached hydrogens (tertiary/aromatic N) is 2. The molecule has 0 aliphatic carbocycles. The maximum absolute atomic E-state index is 12.8. The van der Waals surface area contributed by atoms with E-state index in [2.05, 4.69) is 19.7 Å². The predicted octanol–water partition coefficient (Wildman–Crippen LogP) is 4.78. The van der Waals surface area contributed by atoms with Crippen molar-refractivity contribution in [3.63, 3.8) is 0 Å². The lowest BCUT2D eigenvalue weighted by Gasteiger charge is -2.13. The zero-order valence-electron chi connectivity index (χ0n) is 22.9. The van der Waals surface area contributed by atoms with Gasteiger partial charge in [-0.1, -0.05) is 24.3 Å². The minimum absolute atomic E-state index is 0.0399. The van der Waals surface area contributed by atoms with Gasteiger partial charge in [0, 0.05) is 29.5 Å². The molecule has 10 nitrogen and oxygen atoms in total. The van der Waals surface area contributed by atoms with Crippen molar-refractivity contribution in [2.75, 3.05) is 13.2 Å². The highest BCUT2D eigenvalue weighted by Crippen LogP contribution is 2.49. The molecule has 0 saturated heterocycles. The third-order valence-electron chi connectivity index (χ3n) is 6.56. The van der Waals surface area contributed by atoms with Crippen LogP contribution in [0.1, 0.15) is 30.5 Å². The molecule has 0 aliphatic heterocycles. The minimum atomic E-state index is -3.94. The smallest absolute Gasteiger partial charge is 0.239 e. The van der Waals surface area contributed by atoms with Gasteiger partial charge in [-0.3, -0.25) is 19.5 Å². The quantitative estimate of drug-likeness (QED) is 0.216. The van der Waals surface area contributed by atoms with Crippen LogP contribution in [-0.2, 0) is 27.0 Å². The van der Waals surface area contributed by atoms with Crippen LogP contribution in [0.3, 0.4) is 0 Å². The number of amides is 1. The standard InChI is InChI=1S/C30H30N4O6S/c1-4-39-29-22-9-7-13-32-26(22)25-24(28(29)36)27(33-30(25)40-5-2)21-11-10-20(14-18(21)3)17-41(37,38)34-23(35)15-19-8-6-12-31-16-19/h6-14,16,33,36H,4-5,15,17H2,1-3H3,(H,34,35). The van der Waals surface area contributed by atoms with Gasteiger partial charge in [0.1, 0.15) is 0 Å². The minimum Gasteiger partial charge on any atom is -0.504 e. The maximum atomic E-state index is 12.8. The number of pyridine rings is 2. The first-order valence-corrected chi connectivity index (χ1v) is 14.8. The summed E-state index contributed by atoms with van der Waals surface area (Å²) in [5.74, 6) is -0.261. The van der Waals surface area contributed by atoms with Gasteiger partial charge in [0.05, 0.1) is 47.4 Å². The van der Waals surface area contributed by atoms with Crippen LogP contribution in [0.5, 0.6) is 17.4 Å². The second-order valence-electron chi connectivity index (χ2n) is 9.49. The Morgan fingerprint density at radius 3 is 2.51 bits per heavy atom. The van der Waals surface area contributed by atoms with E-state index in [0.717, 1.165) is 11.1 Å². The number of benzene rings is 2. The first-order chi connectivity index (χ1) is 19.7. The molecule has 41 heavy (non-hydrogen) atoms. The third kappa shape index (κ3) is 5.66. The number of aromatic hydroxyl groups is 1. The Bertz CT molecular complexity index is 1850. The molecular weight excluding hydrogens is 544 g/mol. The fraction of sp³-hybridized carbons (Fsp3) is 0.233. The lowest BCUT2D eigenvalue weighted by atomic mass is 9.98. The number of ether oxygens (including phenoxy) is 2. The van der Waals surface area contributed by atoms with Gasteiger partial charge >= 0.3 is 0 Å². The zero-order valence-corrected chi connectivity index (χ0v) is 23.7. The van der Waals surface area contributed by atoms with Crippen LogP contribution >= 0.6 is 0 Å². The predicted molar refractivity (Wildman–Crippen MR) is 156 cm³/mol. The Morgan fingerprint density at radius 2 is 1.80 bits per heavy atom. The number of sulfonamides is 1. The number of carbonyl (C=O) groups is 1. The van der Waals surface area contributed by atoms with E-state index in [4.69, 9.17) is 9.47 Å². The number of phenolic OH excluding ortho intramolecular Hbond substituents is 1. The van der Waals surface area contributed by atoms with E-state index < -0.39 is 15.9 Å². The van der Waals surface area contributed by atoms with Crippen LogP contribution in [-0.4, -0.2) is 47.6 Å². The summed E-state index contributed by atoms with van der Waals surface area (Å²) >= 11 is 0. The summed E-state index contributed by atoms with van der Waals surface area (Å²) in [7, 11) is -3.94. The van der Waals surface area contributed by atoms with Crippen LogP contribution in [0, 0.1) is 6.92 Å². The van der Waals surface area contributed by atoms with Crippen molar-refractivity contribution < 1.29 is 27.8 Å². The maximum Gasteiger partial charge on any atom is 0.239 e. The van der Waals surface area contributed by atoms with Crippen molar-refractivity contribution >= 4 is 37.6 Å². The normalized spacial score (nSPS) is 11.6. The molecular formula is C30H30N4O6S. The molecule has 3 aromatic heterocycles. The second kappa shape index (κ2) is 11.5. The number of nitrogens with one attached hydrogen (secondary N) is 2. The third-order valence-corrected chi connectivity index (χ3v) is 7.81. The Kier molecular flexibility index (Phi) is 7.80. The highest BCUT2D eigenvalue weighted by atomic mass is 32.2. The van der Waals surface area contributed by atoms with E-state index >= 15 is 0 Å². The van der Waals surface area contributed by atoms with E-state index in [9.17, 15) is 18.3 Å². The van der Waals surface area contributed by atoms with Crippen LogP contribution in [0.15, 0.2) is 61.1 Å². The number of fused-ring (bicyclic) bond motifs is 3. The van der Waals surface area contributed by atoms with Crippen molar-refractivity contribution in [3.05, 3.63) is 77.7 Å². The van der Waals surface area contributed by atoms with Gasteiger partial charge in [0.15, 0.2) is 11.5 Å². The number of hydrogen-bond acceptors (Lipinski definition) is 8. The molecule has 0 spiro atoms. The van der Waals surface area contributed by atoms with E-state index in [-0.39, 0.29) is 17.9 Å². The van der Waals surface area contributed by atoms with Gasteiger partial charge in [0.25, 0.3) is 0 Å². The van der Waals surface area contributed by atoms with Gasteiger partial charge in [-0.2, -0.15) is 0 Å². The topological polar surface area (TPSA) is 144 Å². The van der Waals surface area contributed by atoms with Crippen molar-refractivity contribution in [1.29, 1.82) is 0 Å². The molecule has 0 radical (unpaired) electrons. The molecule has 5 rings (SSSR count). The summed E-state index contributed by atoms with van der Waals surface area (Å²) in [6.45, 7) is 6.29. The SMILES string of the molecule is CCOc1c(O)c2c(-c3ccc(CS(=O)(=O)NC(=O)Cc4cccnc4)cc3C)[nH]c(OCC)c2c2ncccc12. The largest absolute Gasteiger partial charge is 0.504 e. The Balaban J connectivity index is 1.51. The average molecular weight is 575 g/mol. The molecule has 3 N–H and O–H groups in total. The molecule has 0 fully saturated rings. The van der Waals surface area contributed by atoms with Gasteiger partial charge in [-0.25, -0.2) is 8.42 Å². The first-order valence-electron chi connectivity index (χ1n) is 13.1. The Labute approximate surface area is 237 Å². The van der Waals surface area contributed by atoms with Crippen molar-refractivity contribution in [1.82, 2.24) is 19.7 Å². The number of H-pyrrole nitrogens is 1. The van der Waals surface area contributed by atoms with Crippen LogP contribution in [0.25, 0.3) is 32.9 Å². The lowest BCUT2D eigenvalue weighted by molar-refractivity contribution is -0.118. The second-order valence-corrected chi connectivity index (χ2v) is 11.2. The molecule has 2 aromatic carbocycles. The number of phenols is 1. The molecule has 0 saturated carbocycles. The van der Waals surface area contributed by atoms with Gasteiger partial charge in [0.2, 0.25) is 21.8 Å². The van der Waals surface area contributed by atoms with Gasteiger partial charge in [-0.05, 0) is 55.7 Å². The fourth-order valence-electron chi connectivity index (χ4n) is 4.96. The monoisotopic (exact) mass is 574 g/mol. The molecule has 212 valence electrons. The summed E-state index contributed by atoms with van der Waals surface area (Å²) in [4.78, 5) is 24.2. The molecule has 0 atom stereocenters. The number of aromatic nitrogens is 3. The summed E-state index contributed by atoms with van der Waals surface area (Å²) in [5, 5.41) is 13.2. The highest BCUT2D eigenvalue weighted by Gasteiger charge is 2.25. The van der Waals surface area contributed by atoms with Crippen LogP contribution in [0.4, 0.5) is 0 Å². The van der Waals surface area contributed by atoms with Crippen LogP contribution in [0.2, 0.25) is 0 Å². The van der Waals surface area contributed by atoms with E-state index in [1.165, 1.54) is 6.20 Å². The Hall–Kier alpha value is -4.64. The Morgan fingerprint density at radius 1 is 1.02 bits per heavy atom. The van der Waals surface area contributed by atoms with E-state index in [1.807, 2.05) is 26.8 Å². The number of rotatable bonds is 10. The summed E-state index contributed by atoms with van der Waals surface area (Å²) in [6, 6.07) is 12.2. The van der Waals surface area contributed by atoms with Crippen molar-refractivity contribution in [2.24, 2.45) is 0 Å². The molecule has 0 bridgehead atoms. The van der Waals surface area contributed by atoms with Gasteiger partial charge in [-0.15, -0.1) is 0 Å². The van der Waals surface area contributed by atoms with Crippen LogP contribution < -0.4 is 14.2 Å². The molecule has 3 heterocycles. The summed E-state index contributed by atoms with van der Waals surface area (Å²) in [5.41, 5.74) is 3.81. The fourth-order valence-corrected chi connectivity index (χ4v) is 6.07. The highest BCUT2D eigenvalue weighted by molar-refractivity contribution is 7.89. The lowest BCUT2D eigenvalue weighted by Crippen LogP contribution is -2.32. The zero-order chi connectivity index (χ0) is 29.1. The summed E-state index contributed by atoms with van der Waals surface area (Å²) in [6.07, 6.45) is 4.68. The van der Waals surface area contributed by atoms with Crippen molar-refractivity contribution in [3.8, 4) is 28.6 Å². The molecule has 0 unspecified atom stereocenters. The van der Waals surface area contributed by atoms with E-state index in [1.54, 1.807) is 48.8 Å². The van der Waals surface area contributed by atoms with Gasteiger partial charge < -0.3 is 19.6 Å². The number of hydrogen-bond donors (Lipinski definition) is 3. The molecule has 11 heteroatoms. The summed E-state index contributed by atoms with van der Waals surface area (Å²) < 4.78 is 39.4. The number of aryl methyl sites for hydroxylation is 1.